The van der Waals surface area contributed by atoms with Crippen molar-refractivity contribution in [3.8, 4) is 0 Å². The molecule has 0 radical (unpaired) electrons. The monoisotopic (exact) mass is 294 g/mol. The molecule has 1 unspecified atom stereocenters. The predicted octanol–water partition coefficient (Wildman–Crippen LogP) is 4.22. The van der Waals surface area contributed by atoms with Gasteiger partial charge in [-0.1, -0.05) is 22.9 Å². The van der Waals surface area contributed by atoms with Crippen molar-refractivity contribution in [2.24, 2.45) is 0 Å². The molecule has 1 aromatic carbocycles. The number of aryl methyl sites for hydroxylation is 2. The minimum atomic E-state index is 0.377. The highest BCUT2D eigenvalue weighted by molar-refractivity contribution is 9.10. The summed E-state index contributed by atoms with van der Waals surface area (Å²) in [5, 5.41) is 4.81. The third-order valence-corrected chi connectivity index (χ3v) is 3.71. The quantitative estimate of drug-likeness (QED) is 0.872. The van der Waals surface area contributed by atoms with Crippen LogP contribution in [0.2, 0.25) is 0 Å². The van der Waals surface area contributed by atoms with Crippen molar-refractivity contribution in [1.82, 2.24) is 10.3 Å². The summed E-state index contributed by atoms with van der Waals surface area (Å²) in [6.07, 6.45) is 0. The minimum Gasteiger partial charge on any atom is -0.358 e. The van der Waals surface area contributed by atoms with Gasteiger partial charge in [0.05, 0.1) is 0 Å². The van der Waals surface area contributed by atoms with E-state index in [-0.39, 0.29) is 0 Å². The fourth-order valence-corrected chi connectivity index (χ4v) is 3.12. The fourth-order valence-electron chi connectivity index (χ4n) is 2.54. The Morgan fingerprint density at radius 2 is 2.06 bits per heavy atom. The van der Waals surface area contributed by atoms with Crippen LogP contribution in [0.15, 0.2) is 16.6 Å². The molecule has 1 aromatic heterocycles. The highest BCUT2D eigenvalue weighted by Gasteiger charge is 2.15. The van der Waals surface area contributed by atoms with Crippen LogP contribution in [0.1, 0.15) is 36.7 Å². The van der Waals surface area contributed by atoms with Crippen molar-refractivity contribution in [3.05, 3.63) is 33.4 Å². The van der Waals surface area contributed by atoms with E-state index in [1.807, 2.05) is 0 Å². The lowest BCUT2D eigenvalue weighted by molar-refractivity contribution is 0.599. The zero-order valence-electron chi connectivity index (χ0n) is 10.8. The maximum absolute atomic E-state index is 3.58. The molecule has 0 aliphatic heterocycles. The van der Waals surface area contributed by atoms with Crippen molar-refractivity contribution in [2.45, 2.75) is 33.7 Å². The SMILES string of the molecule is CCNC(C)c1c(C)[nH]c2c(C)cc(Br)cc12. The lowest BCUT2D eigenvalue weighted by Gasteiger charge is -2.13. The Labute approximate surface area is 111 Å². The summed E-state index contributed by atoms with van der Waals surface area (Å²) in [5.74, 6) is 0. The van der Waals surface area contributed by atoms with Gasteiger partial charge >= 0.3 is 0 Å². The Morgan fingerprint density at radius 3 is 2.71 bits per heavy atom. The lowest BCUT2D eigenvalue weighted by atomic mass is 10.0. The van der Waals surface area contributed by atoms with Gasteiger partial charge in [0.25, 0.3) is 0 Å². The Balaban J connectivity index is 2.66. The van der Waals surface area contributed by atoms with Crippen molar-refractivity contribution >= 4 is 26.8 Å². The van der Waals surface area contributed by atoms with E-state index in [0.29, 0.717) is 6.04 Å². The number of nitrogens with one attached hydrogen (secondary N) is 2. The van der Waals surface area contributed by atoms with Crippen LogP contribution in [0.3, 0.4) is 0 Å². The molecule has 0 spiro atoms. The van der Waals surface area contributed by atoms with E-state index in [9.17, 15) is 0 Å². The average molecular weight is 295 g/mol. The molecule has 3 heteroatoms. The molecule has 2 aromatic rings. The molecule has 1 atom stereocenters. The van der Waals surface area contributed by atoms with E-state index < -0.39 is 0 Å². The standard InChI is InChI=1S/C14H19BrN2/c1-5-16-9(3)13-10(4)17-14-8(2)6-11(15)7-12(13)14/h6-7,9,16-17H,5H2,1-4H3. The summed E-state index contributed by atoms with van der Waals surface area (Å²) in [6, 6.07) is 4.73. The zero-order chi connectivity index (χ0) is 12.6. The molecule has 0 aliphatic carbocycles. The molecule has 1 heterocycles. The summed E-state index contributed by atoms with van der Waals surface area (Å²) in [7, 11) is 0. The maximum atomic E-state index is 3.58. The van der Waals surface area contributed by atoms with Crippen molar-refractivity contribution in [3.63, 3.8) is 0 Å². The number of H-pyrrole nitrogens is 1. The number of halogens is 1. The first kappa shape index (κ1) is 12.7. The van der Waals surface area contributed by atoms with E-state index >= 15 is 0 Å². The van der Waals surface area contributed by atoms with E-state index in [1.54, 1.807) is 0 Å². The number of rotatable bonds is 3. The van der Waals surface area contributed by atoms with E-state index in [0.717, 1.165) is 11.0 Å². The molecule has 17 heavy (non-hydrogen) atoms. The zero-order valence-corrected chi connectivity index (χ0v) is 12.4. The summed E-state index contributed by atoms with van der Waals surface area (Å²) in [6.45, 7) is 9.64. The molecule has 0 bridgehead atoms. The second kappa shape index (κ2) is 4.83. The molecular weight excluding hydrogens is 276 g/mol. The molecular formula is C14H19BrN2. The van der Waals surface area contributed by atoms with Crippen LogP contribution in [-0.4, -0.2) is 11.5 Å². The first-order valence-electron chi connectivity index (χ1n) is 6.06. The number of benzene rings is 1. The summed E-state index contributed by atoms with van der Waals surface area (Å²) in [4.78, 5) is 3.50. The van der Waals surface area contributed by atoms with Crippen LogP contribution in [0.4, 0.5) is 0 Å². The second-order valence-electron chi connectivity index (χ2n) is 4.59. The first-order valence-corrected chi connectivity index (χ1v) is 6.85. The van der Waals surface area contributed by atoms with Crippen molar-refractivity contribution in [2.75, 3.05) is 6.54 Å². The van der Waals surface area contributed by atoms with Gasteiger partial charge < -0.3 is 10.3 Å². The van der Waals surface area contributed by atoms with Gasteiger partial charge in [-0.3, -0.25) is 0 Å². The maximum Gasteiger partial charge on any atom is 0.0489 e. The predicted molar refractivity (Wildman–Crippen MR) is 77.6 cm³/mol. The highest BCUT2D eigenvalue weighted by atomic mass is 79.9. The second-order valence-corrected chi connectivity index (χ2v) is 5.50. The number of hydrogen-bond acceptors (Lipinski definition) is 1. The smallest absolute Gasteiger partial charge is 0.0489 e. The molecule has 92 valence electrons. The van der Waals surface area contributed by atoms with Gasteiger partial charge in [0.2, 0.25) is 0 Å². The van der Waals surface area contributed by atoms with Gasteiger partial charge in [-0.25, -0.2) is 0 Å². The van der Waals surface area contributed by atoms with Gasteiger partial charge in [0.1, 0.15) is 0 Å². The summed E-state index contributed by atoms with van der Waals surface area (Å²) < 4.78 is 1.14. The third-order valence-electron chi connectivity index (χ3n) is 3.25. The number of hydrogen-bond donors (Lipinski definition) is 2. The molecule has 0 saturated carbocycles. The van der Waals surface area contributed by atoms with Crippen LogP contribution in [0.25, 0.3) is 10.9 Å². The van der Waals surface area contributed by atoms with Gasteiger partial charge in [-0.05, 0) is 50.6 Å². The van der Waals surface area contributed by atoms with Gasteiger partial charge in [0.15, 0.2) is 0 Å². The van der Waals surface area contributed by atoms with Crippen LogP contribution >= 0.6 is 15.9 Å². The third kappa shape index (κ3) is 2.26. The Hall–Kier alpha value is -0.800. The van der Waals surface area contributed by atoms with E-state index in [1.165, 1.54) is 27.7 Å². The van der Waals surface area contributed by atoms with Crippen LogP contribution in [0.5, 0.6) is 0 Å². The molecule has 0 amide bonds. The van der Waals surface area contributed by atoms with E-state index in [2.05, 4.69) is 66.1 Å². The van der Waals surface area contributed by atoms with Gasteiger partial charge in [-0.15, -0.1) is 0 Å². The number of aromatic nitrogens is 1. The Morgan fingerprint density at radius 1 is 1.35 bits per heavy atom. The summed E-state index contributed by atoms with van der Waals surface area (Å²) >= 11 is 3.58. The van der Waals surface area contributed by atoms with Crippen LogP contribution in [0, 0.1) is 13.8 Å². The van der Waals surface area contributed by atoms with Crippen LogP contribution < -0.4 is 5.32 Å². The normalized spacial score (nSPS) is 13.2. The Bertz CT molecular complexity index is 543. The number of aromatic amines is 1. The summed E-state index contributed by atoms with van der Waals surface area (Å²) in [5.41, 5.74) is 5.18. The van der Waals surface area contributed by atoms with Crippen molar-refractivity contribution in [1.29, 1.82) is 0 Å². The minimum absolute atomic E-state index is 0.377. The molecule has 2 nitrogen and oxygen atoms in total. The molecule has 0 aliphatic rings. The van der Waals surface area contributed by atoms with Crippen LogP contribution in [-0.2, 0) is 0 Å². The molecule has 2 rings (SSSR count). The highest BCUT2D eigenvalue weighted by Crippen LogP contribution is 2.32. The fraction of sp³-hybridized carbons (Fsp3) is 0.429. The molecule has 0 saturated heterocycles. The first-order chi connectivity index (χ1) is 8.04. The largest absolute Gasteiger partial charge is 0.358 e. The van der Waals surface area contributed by atoms with Gasteiger partial charge in [-0.2, -0.15) is 0 Å². The molecule has 2 N–H and O–H groups in total. The average Bonchev–Trinajstić information content (AvgIpc) is 2.55. The van der Waals surface area contributed by atoms with Crippen molar-refractivity contribution < 1.29 is 0 Å². The molecule has 0 fully saturated rings. The van der Waals surface area contributed by atoms with E-state index in [4.69, 9.17) is 0 Å². The van der Waals surface area contributed by atoms with Gasteiger partial charge in [0, 0.05) is 27.1 Å². The topological polar surface area (TPSA) is 27.8 Å². The lowest BCUT2D eigenvalue weighted by Crippen LogP contribution is -2.18. The Kier molecular flexibility index (Phi) is 3.59. The number of fused-ring (bicyclic) bond motifs is 1.